The SMILES string of the molecule is CC1CCN(C(=O)c2cc(NC(=O)CCc3ccccc3)ccc2N(C)C)CC1. The number of nitrogens with zero attached hydrogens (tertiary/aromatic N) is 2. The predicted octanol–water partition coefficient (Wildman–Crippen LogP) is 4.20. The molecule has 3 rings (SSSR count). The fraction of sp³-hybridized carbons (Fsp3) is 0.417. The maximum Gasteiger partial charge on any atom is 0.256 e. The highest BCUT2D eigenvalue weighted by Gasteiger charge is 2.24. The molecule has 1 fully saturated rings. The van der Waals surface area contributed by atoms with E-state index >= 15 is 0 Å². The van der Waals surface area contributed by atoms with Crippen LogP contribution in [-0.4, -0.2) is 43.9 Å². The highest BCUT2D eigenvalue weighted by Crippen LogP contribution is 2.26. The molecule has 0 spiro atoms. The van der Waals surface area contributed by atoms with Crippen molar-refractivity contribution in [3.05, 3.63) is 59.7 Å². The smallest absolute Gasteiger partial charge is 0.256 e. The Labute approximate surface area is 173 Å². The largest absolute Gasteiger partial charge is 0.377 e. The molecule has 1 aliphatic heterocycles. The quantitative estimate of drug-likeness (QED) is 0.800. The van der Waals surface area contributed by atoms with E-state index < -0.39 is 0 Å². The van der Waals surface area contributed by atoms with Crippen LogP contribution in [-0.2, 0) is 11.2 Å². The van der Waals surface area contributed by atoms with E-state index in [1.165, 1.54) is 0 Å². The number of likely N-dealkylation sites (tertiary alicyclic amines) is 1. The van der Waals surface area contributed by atoms with Gasteiger partial charge in [-0.05, 0) is 48.9 Å². The van der Waals surface area contributed by atoms with Gasteiger partial charge < -0.3 is 15.1 Å². The van der Waals surface area contributed by atoms with E-state index in [4.69, 9.17) is 0 Å². The monoisotopic (exact) mass is 393 g/mol. The molecule has 0 aliphatic carbocycles. The van der Waals surface area contributed by atoms with Gasteiger partial charge in [-0.1, -0.05) is 37.3 Å². The summed E-state index contributed by atoms with van der Waals surface area (Å²) in [4.78, 5) is 29.5. The molecular weight excluding hydrogens is 362 g/mol. The first-order valence-corrected chi connectivity index (χ1v) is 10.4. The van der Waals surface area contributed by atoms with E-state index in [2.05, 4.69) is 12.2 Å². The maximum absolute atomic E-state index is 13.2. The fourth-order valence-corrected chi connectivity index (χ4v) is 3.68. The number of aryl methyl sites for hydroxylation is 1. The van der Waals surface area contributed by atoms with Crippen LogP contribution >= 0.6 is 0 Å². The summed E-state index contributed by atoms with van der Waals surface area (Å²) < 4.78 is 0. The molecular formula is C24H31N3O2. The number of piperidine rings is 1. The molecule has 1 N–H and O–H groups in total. The number of carbonyl (C=O) groups excluding carboxylic acids is 2. The average molecular weight is 394 g/mol. The number of amides is 2. The van der Waals surface area contributed by atoms with Gasteiger partial charge in [-0.25, -0.2) is 0 Å². The molecule has 2 amide bonds. The van der Waals surface area contributed by atoms with Crippen molar-refractivity contribution >= 4 is 23.2 Å². The number of benzene rings is 2. The van der Waals surface area contributed by atoms with Gasteiger partial charge in [0.1, 0.15) is 0 Å². The Balaban J connectivity index is 1.70. The van der Waals surface area contributed by atoms with Crippen molar-refractivity contribution < 1.29 is 9.59 Å². The van der Waals surface area contributed by atoms with Gasteiger partial charge >= 0.3 is 0 Å². The summed E-state index contributed by atoms with van der Waals surface area (Å²) in [5.74, 6) is 0.667. The summed E-state index contributed by atoms with van der Waals surface area (Å²) in [5, 5.41) is 2.96. The molecule has 5 heteroatoms. The van der Waals surface area contributed by atoms with Crippen LogP contribution in [0.2, 0.25) is 0 Å². The van der Waals surface area contributed by atoms with E-state index in [0.29, 0.717) is 30.0 Å². The van der Waals surface area contributed by atoms with Crippen LogP contribution in [0.5, 0.6) is 0 Å². The second kappa shape index (κ2) is 9.59. The number of hydrogen-bond donors (Lipinski definition) is 1. The molecule has 0 unspecified atom stereocenters. The van der Waals surface area contributed by atoms with Crippen LogP contribution in [0.3, 0.4) is 0 Å². The molecule has 2 aromatic rings. The van der Waals surface area contributed by atoms with E-state index in [9.17, 15) is 9.59 Å². The third-order valence-corrected chi connectivity index (χ3v) is 5.55. The molecule has 154 valence electrons. The second-order valence-electron chi connectivity index (χ2n) is 8.13. The van der Waals surface area contributed by atoms with Gasteiger partial charge in [-0.2, -0.15) is 0 Å². The summed E-state index contributed by atoms with van der Waals surface area (Å²) in [6, 6.07) is 15.6. The number of carbonyl (C=O) groups is 2. The van der Waals surface area contributed by atoms with Crippen LogP contribution < -0.4 is 10.2 Å². The minimum Gasteiger partial charge on any atom is -0.377 e. The predicted molar refractivity (Wildman–Crippen MR) is 118 cm³/mol. The normalized spacial score (nSPS) is 14.5. The van der Waals surface area contributed by atoms with Crippen LogP contribution in [0.25, 0.3) is 0 Å². The zero-order valence-electron chi connectivity index (χ0n) is 17.6. The number of anilines is 2. The Hall–Kier alpha value is -2.82. The van der Waals surface area contributed by atoms with Gasteiger partial charge in [-0.15, -0.1) is 0 Å². The van der Waals surface area contributed by atoms with Gasteiger partial charge in [-0.3, -0.25) is 9.59 Å². The Morgan fingerprint density at radius 2 is 1.76 bits per heavy atom. The highest BCUT2D eigenvalue weighted by molar-refractivity contribution is 6.02. The lowest BCUT2D eigenvalue weighted by Gasteiger charge is -2.31. The maximum atomic E-state index is 13.2. The van der Waals surface area contributed by atoms with Crippen molar-refractivity contribution in [2.24, 2.45) is 5.92 Å². The van der Waals surface area contributed by atoms with Gasteiger partial charge in [0.2, 0.25) is 5.91 Å². The molecule has 1 aliphatic rings. The highest BCUT2D eigenvalue weighted by atomic mass is 16.2. The number of rotatable bonds is 6. The molecule has 1 saturated heterocycles. The first-order valence-electron chi connectivity index (χ1n) is 10.4. The summed E-state index contributed by atoms with van der Waals surface area (Å²) in [6.45, 7) is 3.82. The average Bonchev–Trinajstić information content (AvgIpc) is 2.73. The minimum absolute atomic E-state index is 0.0426. The van der Waals surface area contributed by atoms with Gasteiger partial charge in [0.05, 0.1) is 5.56 Å². The zero-order chi connectivity index (χ0) is 20.8. The zero-order valence-corrected chi connectivity index (χ0v) is 17.6. The Kier molecular flexibility index (Phi) is 6.91. The number of hydrogen-bond acceptors (Lipinski definition) is 3. The first kappa shape index (κ1) is 20.9. The van der Waals surface area contributed by atoms with Gasteiger partial charge in [0.25, 0.3) is 5.91 Å². The molecule has 0 saturated carbocycles. The second-order valence-corrected chi connectivity index (χ2v) is 8.13. The van der Waals surface area contributed by atoms with E-state index in [1.807, 2.05) is 72.4 Å². The summed E-state index contributed by atoms with van der Waals surface area (Å²) in [6.07, 6.45) is 3.19. The third-order valence-electron chi connectivity index (χ3n) is 5.55. The van der Waals surface area contributed by atoms with Crippen LogP contribution in [0, 0.1) is 5.92 Å². The Morgan fingerprint density at radius 3 is 2.41 bits per heavy atom. The molecule has 1 heterocycles. The van der Waals surface area contributed by atoms with Crippen LogP contribution in [0.4, 0.5) is 11.4 Å². The van der Waals surface area contributed by atoms with Crippen molar-refractivity contribution in [1.82, 2.24) is 4.90 Å². The van der Waals surface area contributed by atoms with Crippen molar-refractivity contribution in [2.75, 3.05) is 37.4 Å². The van der Waals surface area contributed by atoms with Crippen molar-refractivity contribution in [3.63, 3.8) is 0 Å². The molecule has 2 aromatic carbocycles. The lowest BCUT2D eigenvalue weighted by molar-refractivity contribution is -0.116. The van der Waals surface area contributed by atoms with Crippen molar-refractivity contribution in [3.8, 4) is 0 Å². The molecule has 0 atom stereocenters. The van der Waals surface area contributed by atoms with Crippen molar-refractivity contribution in [2.45, 2.75) is 32.6 Å². The molecule has 0 radical (unpaired) electrons. The van der Waals surface area contributed by atoms with Gasteiger partial charge in [0, 0.05) is 45.0 Å². The standard InChI is InChI=1S/C24H31N3O2/c1-18-13-15-27(16-14-18)24(29)21-17-20(10-11-22(21)26(2)3)25-23(28)12-9-19-7-5-4-6-8-19/h4-8,10-11,17-18H,9,12-16H2,1-3H3,(H,25,28). The Bertz CT molecular complexity index is 840. The van der Waals surface area contributed by atoms with E-state index in [-0.39, 0.29) is 11.8 Å². The summed E-state index contributed by atoms with van der Waals surface area (Å²) in [7, 11) is 3.87. The van der Waals surface area contributed by atoms with Gasteiger partial charge in [0.15, 0.2) is 0 Å². The van der Waals surface area contributed by atoms with E-state index in [1.54, 1.807) is 0 Å². The lowest BCUT2D eigenvalue weighted by Crippen LogP contribution is -2.38. The fourth-order valence-electron chi connectivity index (χ4n) is 3.68. The molecule has 0 bridgehead atoms. The first-order chi connectivity index (χ1) is 13.9. The molecule has 29 heavy (non-hydrogen) atoms. The van der Waals surface area contributed by atoms with E-state index in [0.717, 1.165) is 37.2 Å². The molecule has 5 nitrogen and oxygen atoms in total. The van der Waals surface area contributed by atoms with Crippen LogP contribution in [0.1, 0.15) is 42.1 Å². The summed E-state index contributed by atoms with van der Waals surface area (Å²) in [5.41, 5.74) is 3.32. The minimum atomic E-state index is -0.0448. The van der Waals surface area contributed by atoms with Crippen LogP contribution in [0.15, 0.2) is 48.5 Å². The number of nitrogens with one attached hydrogen (secondary N) is 1. The lowest BCUT2D eigenvalue weighted by atomic mass is 9.98. The van der Waals surface area contributed by atoms with Crippen molar-refractivity contribution in [1.29, 1.82) is 0 Å². The Morgan fingerprint density at radius 1 is 1.07 bits per heavy atom. The topological polar surface area (TPSA) is 52.7 Å². The molecule has 0 aromatic heterocycles. The third kappa shape index (κ3) is 5.59. The summed E-state index contributed by atoms with van der Waals surface area (Å²) >= 11 is 0.